The van der Waals surface area contributed by atoms with Crippen LogP contribution in [0.5, 0.6) is 0 Å². The summed E-state index contributed by atoms with van der Waals surface area (Å²) in [6.07, 6.45) is -4.69. The molecule has 3 aromatic carbocycles. The van der Waals surface area contributed by atoms with E-state index in [1.165, 1.54) is 28.8 Å². The number of halogens is 3. The van der Waals surface area contributed by atoms with E-state index < -0.39 is 38.2 Å². The van der Waals surface area contributed by atoms with Crippen LogP contribution in [0.2, 0.25) is 0 Å². The molecule has 1 aromatic heterocycles. The number of aliphatic carboxylic acids is 1. The number of nitrogens with one attached hydrogen (secondary N) is 1. The van der Waals surface area contributed by atoms with E-state index in [0.29, 0.717) is 5.56 Å². The van der Waals surface area contributed by atoms with Crippen molar-refractivity contribution in [1.82, 2.24) is 4.57 Å². The maximum absolute atomic E-state index is 13.9. The van der Waals surface area contributed by atoms with Gasteiger partial charge in [0.15, 0.2) is 0 Å². The Morgan fingerprint density at radius 1 is 1.00 bits per heavy atom. The van der Waals surface area contributed by atoms with Crippen molar-refractivity contribution in [3.63, 3.8) is 0 Å². The van der Waals surface area contributed by atoms with Crippen LogP contribution in [0.15, 0.2) is 83.9 Å². The summed E-state index contributed by atoms with van der Waals surface area (Å²) in [6, 6.07) is 18.5. The zero-order valence-corrected chi connectivity index (χ0v) is 19.6. The molecule has 0 aliphatic rings. The SMILES string of the molecule is Cc1ccc(NS(=O)(=O)c2ccc3c(c2)c(C(O)(C(=O)O)C(F)(F)F)cn3Cc2ccccc2)cc1. The Balaban J connectivity index is 1.90. The summed E-state index contributed by atoms with van der Waals surface area (Å²) in [5.74, 6) is -2.53. The van der Waals surface area contributed by atoms with Crippen LogP contribution < -0.4 is 4.72 Å². The number of hydrogen-bond donors (Lipinski definition) is 3. The summed E-state index contributed by atoms with van der Waals surface area (Å²) in [5.41, 5.74) is -3.30. The largest absolute Gasteiger partial charge is 0.479 e. The number of rotatable bonds is 7. The number of benzene rings is 3. The first-order valence-corrected chi connectivity index (χ1v) is 12.1. The zero-order chi connectivity index (χ0) is 26.3. The summed E-state index contributed by atoms with van der Waals surface area (Å²) in [7, 11) is -4.25. The molecule has 0 spiro atoms. The molecule has 1 unspecified atom stereocenters. The molecule has 0 aliphatic carbocycles. The number of hydrogen-bond acceptors (Lipinski definition) is 4. The minimum atomic E-state index is -5.58. The Morgan fingerprint density at radius 3 is 2.22 bits per heavy atom. The van der Waals surface area contributed by atoms with Gasteiger partial charge in [-0.3, -0.25) is 4.72 Å². The molecular weight excluding hydrogens is 497 g/mol. The fourth-order valence-electron chi connectivity index (χ4n) is 3.87. The number of anilines is 1. The van der Waals surface area contributed by atoms with Gasteiger partial charge in [-0.25, -0.2) is 13.2 Å². The highest BCUT2D eigenvalue weighted by Crippen LogP contribution is 2.43. The molecule has 4 rings (SSSR count). The quantitative estimate of drug-likeness (QED) is 0.331. The number of nitrogens with zero attached hydrogens (tertiary/aromatic N) is 1. The molecule has 0 saturated carbocycles. The topological polar surface area (TPSA) is 109 Å². The molecule has 1 heterocycles. The van der Waals surface area contributed by atoms with Crippen molar-refractivity contribution in [3.05, 3.63) is 95.7 Å². The average Bonchev–Trinajstić information content (AvgIpc) is 3.17. The van der Waals surface area contributed by atoms with Gasteiger partial charge in [0.1, 0.15) is 0 Å². The number of aliphatic hydroxyl groups is 1. The Labute approximate surface area is 204 Å². The second-order valence-corrected chi connectivity index (χ2v) is 10.0. The van der Waals surface area contributed by atoms with E-state index in [1.807, 2.05) is 6.92 Å². The zero-order valence-electron chi connectivity index (χ0n) is 18.8. The van der Waals surface area contributed by atoms with Crippen molar-refractivity contribution in [3.8, 4) is 0 Å². The first-order valence-electron chi connectivity index (χ1n) is 10.6. The monoisotopic (exact) mass is 518 g/mol. The Kier molecular flexibility index (Phi) is 6.31. The van der Waals surface area contributed by atoms with E-state index in [0.717, 1.165) is 17.8 Å². The van der Waals surface area contributed by atoms with Crippen LogP contribution in [-0.2, 0) is 27.0 Å². The van der Waals surface area contributed by atoms with E-state index in [4.69, 9.17) is 0 Å². The van der Waals surface area contributed by atoms with Crippen molar-refractivity contribution in [2.45, 2.75) is 30.1 Å². The molecule has 11 heteroatoms. The van der Waals surface area contributed by atoms with Gasteiger partial charge in [0.25, 0.3) is 15.6 Å². The third-order valence-corrected chi connectivity index (χ3v) is 7.15. The van der Waals surface area contributed by atoms with E-state index in [9.17, 15) is 36.6 Å². The van der Waals surface area contributed by atoms with Gasteiger partial charge in [-0.15, -0.1) is 0 Å². The first kappa shape index (κ1) is 25.3. The second-order valence-electron chi connectivity index (χ2n) is 8.32. The molecule has 188 valence electrons. The number of fused-ring (bicyclic) bond motifs is 1. The van der Waals surface area contributed by atoms with Gasteiger partial charge in [-0.2, -0.15) is 13.2 Å². The third-order valence-electron chi connectivity index (χ3n) is 5.77. The predicted molar refractivity (Wildman–Crippen MR) is 127 cm³/mol. The first-order chi connectivity index (χ1) is 16.8. The summed E-state index contributed by atoms with van der Waals surface area (Å²) in [6.45, 7) is 1.87. The number of alkyl halides is 3. The van der Waals surface area contributed by atoms with Gasteiger partial charge in [0.2, 0.25) is 0 Å². The maximum atomic E-state index is 13.9. The molecule has 0 saturated heterocycles. The van der Waals surface area contributed by atoms with Crippen LogP contribution in [0.3, 0.4) is 0 Å². The van der Waals surface area contributed by atoms with Gasteiger partial charge >= 0.3 is 12.1 Å². The van der Waals surface area contributed by atoms with Crippen molar-refractivity contribution < 1.29 is 36.6 Å². The number of aromatic nitrogens is 1. The van der Waals surface area contributed by atoms with Crippen molar-refractivity contribution >= 4 is 32.6 Å². The van der Waals surface area contributed by atoms with Crippen LogP contribution in [-0.4, -0.2) is 35.3 Å². The average molecular weight is 519 g/mol. The standard InChI is InChI=1S/C25H21F3N2O5S/c1-16-7-9-18(10-8-16)29-36(34,35)19-11-12-22-20(13-19)21(24(33,23(31)32)25(26,27)28)15-30(22)14-17-5-3-2-4-6-17/h2-13,15,29,33H,14H2,1H3,(H,31,32). The Bertz CT molecular complexity index is 1530. The molecule has 3 N–H and O–H groups in total. The van der Waals surface area contributed by atoms with Crippen LogP contribution >= 0.6 is 0 Å². The normalized spacial score (nSPS) is 13.9. The Hall–Kier alpha value is -3.83. The lowest BCUT2D eigenvalue weighted by Crippen LogP contribution is -2.49. The lowest BCUT2D eigenvalue weighted by atomic mass is 9.93. The molecule has 4 aromatic rings. The summed E-state index contributed by atoms with van der Waals surface area (Å²) < 4.78 is 71.4. The highest BCUT2D eigenvalue weighted by Gasteiger charge is 2.62. The lowest BCUT2D eigenvalue weighted by molar-refractivity contribution is -0.265. The summed E-state index contributed by atoms with van der Waals surface area (Å²) in [4.78, 5) is 11.3. The fourth-order valence-corrected chi connectivity index (χ4v) is 4.95. The fraction of sp³-hybridized carbons (Fsp3) is 0.160. The van der Waals surface area contributed by atoms with Crippen LogP contribution in [0, 0.1) is 6.92 Å². The summed E-state index contributed by atoms with van der Waals surface area (Å²) in [5, 5.41) is 19.5. The molecule has 0 amide bonds. The number of carboxylic acid groups (broad SMARTS) is 1. The predicted octanol–water partition coefficient (Wildman–Crippen LogP) is 4.63. The van der Waals surface area contributed by atoms with E-state index in [2.05, 4.69) is 4.72 Å². The Morgan fingerprint density at radius 2 is 1.64 bits per heavy atom. The molecule has 0 aliphatic heterocycles. The van der Waals surface area contributed by atoms with Crippen molar-refractivity contribution in [2.24, 2.45) is 0 Å². The van der Waals surface area contributed by atoms with Gasteiger partial charge in [-0.1, -0.05) is 48.0 Å². The smallest absolute Gasteiger partial charge is 0.432 e. The molecule has 0 bridgehead atoms. The lowest BCUT2D eigenvalue weighted by Gasteiger charge is -2.25. The van der Waals surface area contributed by atoms with Gasteiger partial charge in [-0.05, 0) is 42.8 Å². The van der Waals surface area contributed by atoms with Gasteiger partial charge < -0.3 is 14.8 Å². The molecule has 1 atom stereocenters. The minimum absolute atomic E-state index is 0.0542. The van der Waals surface area contributed by atoms with E-state index >= 15 is 0 Å². The van der Waals surface area contributed by atoms with Gasteiger partial charge in [0.05, 0.1) is 4.90 Å². The molecule has 7 nitrogen and oxygen atoms in total. The summed E-state index contributed by atoms with van der Waals surface area (Å²) >= 11 is 0. The number of aryl methyl sites for hydroxylation is 1. The van der Waals surface area contributed by atoms with E-state index in [1.54, 1.807) is 42.5 Å². The van der Waals surface area contributed by atoms with Crippen LogP contribution in [0.25, 0.3) is 10.9 Å². The van der Waals surface area contributed by atoms with Gasteiger partial charge in [0, 0.05) is 34.9 Å². The third kappa shape index (κ3) is 4.54. The second kappa shape index (κ2) is 8.99. The van der Waals surface area contributed by atoms with Crippen molar-refractivity contribution in [2.75, 3.05) is 4.72 Å². The van der Waals surface area contributed by atoms with Crippen molar-refractivity contribution in [1.29, 1.82) is 0 Å². The number of sulfonamides is 1. The number of carbonyl (C=O) groups is 1. The molecule has 0 fully saturated rings. The molecular formula is C25H21F3N2O5S. The molecule has 36 heavy (non-hydrogen) atoms. The number of carboxylic acids is 1. The highest BCUT2D eigenvalue weighted by atomic mass is 32.2. The maximum Gasteiger partial charge on any atom is 0.432 e. The van der Waals surface area contributed by atoms with Crippen LogP contribution in [0.4, 0.5) is 18.9 Å². The molecule has 0 radical (unpaired) electrons. The minimum Gasteiger partial charge on any atom is -0.479 e. The van der Waals surface area contributed by atoms with E-state index in [-0.39, 0.29) is 23.1 Å². The van der Waals surface area contributed by atoms with Crippen LogP contribution in [0.1, 0.15) is 16.7 Å². The highest BCUT2D eigenvalue weighted by molar-refractivity contribution is 7.92.